The van der Waals surface area contributed by atoms with E-state index in [4.69, 9.17) is 10.5 Å². The highest BCUT2D eigenvalue weighted by Crippen LogP contribution is 2.33. The molecule has 2 rings (SSSR count). The molecule has 0 bridgehead atoms. The maximum Gasteiger partial charge on any atom is 0.123 e. The summed E-state index contributed by atoms with van der Waals surface area (Å²) in [4.78, 5) is 2.28. The van der Waals surface area contributed by atoms with Crippen molar-refractivity contribution in [2.24, 2.45) is 0 Å². The first kappa shape index (κ1) is 10.1. The SMILES string of the molecule is CCOc1cc(N)cc(N(C)C2CC2)c1. The Morgan fingerprint density at radius 2 is 2.13 bits per heavy atom. The number of nitrogen functional groups attached to an aromatic ring is 1. The van der Waals surface area contributed by atoms with Crippen LogP contribution in [-0.2, 0) is 0 Å². The van der Waals surface area contributed by atoms with Gasteiger partial charge >= 0.3 is 0 Å². The lowest BCUT2D eigenvalue weighted by atomic mass is 10.2. The van der Waals surface area contributed by atoms with Gasteiger partial charge in [-0.25, -0.2) is 0 Å². The number of nitrogens with zero attached hydrogens (tertiary/aromatic N) is 1. The van der Waals surface area contributed by atoms with Gasteiger partial charge in [-0.1, -0.05) is 0 Å². The first-order valence-corrected chi connectivity index (χ1v) is 5.47. The summed E-state index contributed by atoms with van der Waals surface area (Å²) in [5, 5.41) is 0. The molecule has 0 aliphatic heterocycles. The molecule has 3 nitrogen and oxygen atoms in total. The van der Waals surface area contributed by atoms with E-state index >= 15 is 0 Å². The number of ether oxygens (including phenoxy) is 1. The second-order valence-electron chi connectivity index (χ2n) is 4.04. The largest absolute Gasteiger partial charge is 0.494 e. The molecule has 1 aromatic carbocycles. The topological polar surface area (TPSA) is 38.5 Å². The van der Waals surface area contributed by atoms with Gasteiger partial charge in [0.15, 0.2) is 0 Å². The van der Waals surface area contributed by atoms with Crippen LogP contribution in [0.1, 0.15) is 19.8 Å². The highest BCUT2D eigenvalue weighted by atomic mass is 16.5. The minimum Gasteiger partial charge on any atom is -0.494 e. The van der Waals surface area contributed by atoms with Crippen molar-refractivity contribution < 1.29 is 4.74 Å². The Hall–Kier alpha value is -1.38. The molecular weight excluding hydrogens is 188 g/mol. The lowest BCUT2D eigenvalue weighted by Gasteiger charge is -2.20. The molecule has 0 spiro atoms. The normalized spacial score (nSPS) is 15.1. The average Bonchev–Trinajstić information content (AvgIpc) is 2.99. The Kier molecular flexibility index (Phi) is 2.71. The van der Waals surface area contributed by atoms with Crippen molar-refractivity contribution in [1.82, 2.24) is 0 Å². The third-order valence-corrected chi connectivity index (χ3v) is 2.73. The van der Waals surface area contributed by atoms with Crippen LogP contribution in [0.15, 0.2) is 18.2 Å². The van der Waals surface area contributed by atoms with E-state index in [9.17, 15) is 0 Å². The minimum absolute atomic E-state index is 0.677. The van der Waals surface area contributed by atoms with Gasteiger partial charge in [-0.05, 0) is 25.8 Å². The molecule has 0 radical (unpaired) electrons. The van der Waals surface area contributed by atoms with Gasteiger partial charge in [0.05, 0.1) is 6.61 Å². The fourth-order valence-corrected chi connectivity index (χ4v) is 1.73. The first-order valence-electron chi connectivity index (χ1n) is 5.47. The zero-order valence-electron chi connectivity index (χ0n) is 9.36. The molecule has 0 aromatic heterocycles. The summed E-state index contributed by atoms with van der Waals surface area (Å²) < 4.78 is 5.47. The van der Waals surface area contributed by atoms with Crippen molar-refractivity contribution in [2.75, 3.05) is 24.3 Å². The molecule has 1 aliphatic rings. The van der Waals surface area contributed by atoms with E-state index in [-0.39, 0.29) is 0 Å². The number of rotatable bonds is 4. The van der Waals surface area contributed by atoms with Crippen molar-refractivity contribution >= 4 is 11.4 Å². The molecule has 1 fully saturated rings. The second-order valence-corrected chi connectivity index (χ2v) is 4.04. The molecule has 2 N–H and O–H groups in total. The highest BCUT2D eigenvalue weighted by molar-refractivity contribution is 5.61. The van der Waals surface area contributed by atoms with Crippen LogP contribution < -0.4 is 15.4 Å². The Morgan fingerprint density at radius 1 is 1.40 bits per heavy atom. The van der Waals surface area contributed by atoms with E-state index in [1.54, 1.807) is 0 Å². The van der Waals surface area contributed by atoms with Gasteiger partial charge in [0.2, 0.25) is 0 Å². The van der Waals surface area contributed by atoms with E-state index in [1.807, 2.05) is 19.1 Å². The molecule has 0 saturated heterocycles. The quantitative estimate of drug-likeness (QED) is 0.768. The van der Waals surface area contributed by atoms with Crippen LogP contribution >= 0.6 is 0 Å². The van der Waals surface area contributed by atoms with Crippen molar-refractivity contribution in [3.63, 3.8) is 0 Å². The summed E-state index contributed by atoms with van der Waals surface area (Å²) >= 11 is 0. The number of nitrogens with two attached hydrogens (primary N) is 1. The molecule has 82 valence electrons. The van der Waals surface area contributed by atoms with E-state index in [0.29, 0.717) is 12.6 Å². The lowest BCUT2D eigenvalue weighted by Crippen LogP contribution is -2.19. The maximum absolute atomic E-state index is 5.84. The van der Waals surface area contributed by atoms with E-state index < -0.39 is 0 Å². The molecule has 1 aromatic rings. The summed E-state index contributed by atoms with van der Waals surface area (Å²) in [5.74, 6) is 0.861. The lowest BCUT2D eigenvalue weighted by molar-refractivity contribution is 0.340. The van der Waals surface area contributed by atoms with Crippen LogP contribution in [0.25, 0.3) is 0 Å². The number of anilines is 2. The summed E-state index contributed by atoms with van der Waals surface area (Å²) in [6.07, 6.45) is 2.57. The van der Waals surface area contributed by atoms with Crippen LogP contribution in [0, 0.1) is 0 Å². The summed E-state index contributed by atoms with van der Waals surface area (Å²) in [6.45, 7) is 2.66. The van der Waals surface area contributed by atoms with Gasteiger partial charge in [0.1, 0.15) is 5.75 Å². The van der Waals surface area contributed by atoms with Gasteiger partial charge in [0.25, 0.3) is 0 Å². The highest BCUT2D eigenvalue weighted by Gasteiger charge is 2.26. The molecule has 15 heavy (non-hydrogen) atoms. The van der Waals surface area contributed by atoms with Gasteiger partial charge in [0, 0.05) is 36.6 Å². The minimum atomic E-state index is 0.677. The van der Waals surface area contributed by atoms with Gasteiger partial charge < -0.3 is 15.4 Å². The molecule has 1 saturated carbocycles. The third-order valence-electron chi connectivity index (χ3n) is 2.73. The van der Waals surface area contributed by atoms with Crippen LogP contribution in [0.4, 0.5) is 11.4 Å². The molecular formula is C12H18N2O. The van der Waals surface area contributed by atoms with Gasteiger partial charge in [-0.3, -0.25) is 0 Å². The number of benzene rings is 1. The summed E-state index contributed by atoms with van der Waals surface area (Å²) in [7, 11) is 2.11. The molecule has 0 amide bonds. The van der Waals surface area contributed by atoms with Crippen molar-refractivity contribution in [3.05, 3.63) is 18.2 Å². The summed E-state index contributed by atoms with van der Waals surface area (Å²) in [6, 6.07) is 6.62. The fourth-order valence-electron chi connectivity index (χ4n) is 1.73. The van der Waals surface area contributed by atoms with Crippen LogP contribution in [0.3, 0.4) is 0 Å². The van der Waals surface area contributed by atoms with Crippen molar-refractivity contribution in [3.8, 4) is 5.75 Å². The maximum atomic E-state index is 5.84. The fraction of sp³-hybridized carbons (Fsp3) is 0.500. The van der Waals surface area contributed by atoms with Gasteiger partial charge in [-0.15, -0.1) is 0 Å². The molecule has 1 aliphatic carbocycles. The average molecular weight is 206 g/mol. The zero-order valence-corrected chi connectivity index (χ0v) is 9.36. The first-order chi connectivity index (χ1) is 7.20. The number of hydrogen-bond acceptors (Lipinski definition) is 3. The third kappa shape index (κ3) is 2.35. The van der Waals surface area contributed by atoms with Crippen molar-refractivity contribution in [1.29, 1.82) is 0 Å². The molecule has 0 atom stereocenters. The van der Waals surface area contributed by atoms with Crippen LogP contribution in [0.5, 0.6) is 5.75 Å². The molecule has 0 unspecified atom stereocenters. The van der Waals surface area contributed by atoms with E-state index in [1.165, 1.54) is 12.8 Å². The Morgan fingerprint density at radius 3 is 2.73 bits per heavy atom. The van der Waals surface area contributed by atoms with E-state index in [0.717, 1.165) is 17.1 Å². The Balaban J connectivity index is 2.21. The van der Waals surface area contributed by atoms with Crippen LogP contribution in [0.2, 0.25) is 0 Å². The molecule has 3 heteroatoms. The Bertz CT molecular complexity index is 347. The van der Waals surface area contributed by atoms with Crippen molar-refractivity contribution in [2.45, 2.75) is 25.8 Å². The number of hydrogen-bond donors (Lipinski definition) is 1. The zero-order chi connectivity index (χ0) is 10.8. The monoisotopic (exact) mass is 206 g/mol. The molecule has 0 heterocycles. The smallest absolute Gasteiger partial charge is 0.123 e. The summed E-state index contributed by atoms with van der Waals surface area (Å²) in [5.41, 5.74) is 7.76. The van der Waals surface area contributed by atoms with Gasteiger partial charge in [-0.2, -0.15) is 0 Å². The predicted molar refractivity (Wildman–Crippen MR) is 63.4 cm³/mol. The van der Waals surface area contributed by atoms with E-state index in [2.05, 4.69) is 18.0 Å². The predicted octanol–water partition coefficient (Wildman–Crippen LogP) is 2.27. The Labute approximate surface area is 90.8 Å². The van der Waals surface area contributed by atoms with Crippen LogP contribution in [-0.4, -0.2) is 19.7 Å². The second kappa shape index (κ2) is 4.01. The standard InChI is InChI=1S/C12H18N2O/c1-3-15-12-7-9(13)6-11(8-12)14(2)10-4-5-10/h6-8,10H,3-5,13H2,1-2H3.